The Morgan fingerprint density at radius 3 is 1.42 bits per heavy atom. The second-order valence-corrected chi connectivity index (χ2v) is 27.0. The molecule has 4 aromatic heterocycles. The highest BCUT2D eigenvalue weighted by Gasteiger charge is 2.51. The summed E-state index contributed by atoms with van der Waals surface area (Å²) in [6.45, 7) is 0. The van der Waals surface area contributed by atoms with Crippen LogP contribution < -0.4 is 0 Å². The van der Waals surface area contributed by atoms with Crippen molar-refractivity contribution in [1.82, 2.24) is 39.5 Å². The largest absolute Gasteiger partial charge is 0.309 e. The van der Waals surface area contributed by atoms with Crippen LogP contribution in [0.2, 0.25) is 0 Å². The minimum absolute atomic E-state index is 0.559. The first kappa shape index (κ1) is 59.0. The van der Waals surface area contributed by atoms with Gasteiger partial charge in [-0.3, -0.25) is 4.98 Å². The molecule has 19 aromatic rings. The Bertz CT molecular complexity index is 6660. The molecule has 0 bridgehead atoms. The highest BCUT2D eigenvalue weighted by molar-refractivity contribution is 6.14. The average Bonchev–Trinajstić information content (AvgIpc) is 1.49. The van der Waals surface area contributed by atoms with Gasteiger partial charge in [-0.2, -0.15) is 0 Å². The van der Waals surface area contributed by atoms with Gasteiger partial charge in [0.1, 0.15) is 0 Å². The normalized spacial score (nSPS) is 13.4. The standard InChI is InChI=1S/C96H58N8/c1-4-23-64(24-5-1)90-98-91(65-25-6-2-7-26-65)101-94(100-90)77-54-50-61-45-48-68(57-79(61)86(77)62-46-43-60(44-47-62)72-36-19-29-63-32-21-55-97-88(63)72)67-30-18-31-70(56-67)93-99-92(66-27-8-3-9-28-66)102-95(103-93)78-53-49-59-22-10-11-33-71(59)87(78)69-51-52-74-73-34-12-14-38-80(73)96(83(74)58-69)81-39-15-17-42-85(81)104-84-41-16-13-35-75(84)76-37-20-40-82(96)89(76)104/h1-58H. The van der Waals surface area contributed by atoms with Crippen LogP contribution in [-0.4, -0.2) is 39.5 Å². The molecular formula is C96H58N8. The number of aromatic nitrogens is 8. The summed E-state index contributed by atoms with van der Waals surface area (Å²) in [5.41, 5.74) is 25.1. The molecule has 0 amide bonds. The fourth-order valence-electron chi connectivity index (χ4n) is 16.7. The third kappa shape index (κ3) is 9.22. The van der Waals surface area contributed by atoms with Gasteiger partial charge in [0.25, 0.3) is 0 Å². The predicted octanol–water partition coefficient (Wildman–Crippen LogP) is 23.4. The molecule has 1 spiro atoms. The smallest absolute Gasteiger partial charge is 0.164 e. The SMILES string of the molecule is c1ccc(-c2nc(-c3cccc(-c4ccc5ccc(-c6nc(-c7ccccc7)nc(-c7ccccc7)n6)c(-c6ccc(-c7cccc8cccnc78)cc6)c5c4)c3)nc(-c3ccc4ccccc4c3-c3ccc4c(c3)C3(c5ccccc5-4)c4ccccc4-n4c5ccccc5c5cccc3c54)n2)cc1. The van der Waals surface area contributed by atoms with E-state index in [4.69, 9.17) is 34.9 Å². The summed E-state index contributed by atoms with van der Waals surface area (Å²) in [5, 5.41) is 7.92. The van der Waals surface area contributed by atoms with E-state index in [1.54, 1.807) is 0 Å². The summed E-state index contributed by atoms with van der Waals surface area (Å²) in [5.74, 6) is 3.47. The summed E-state index contributed by atoms with van der Waals surface area (Å²) in [7, 11) is 0. The monoisotopic (exact) mass is 1320 g/mol. The third-order valence-electron chi connectivity index (χ3n) is 21.4. The van der Waals surface area contributed by atoms with Crippen molar-refractivity contribution in [2.75, 3.05) is 0 Å². The molecule has 0 radical (unpaired) electrons. The average molecular weight is 1320 g/mol. The van der Waals surface area contributed by atoms with E-state index in [1.807, 2.05) is 66.9 Å². The Balaban J connectivity index is 0.736. The number of para-hydroxylation sites is 4. The first-order valence-corrected chi connectivity index (χ1v) is 35.3. The molecule has 5 heterocycles. The van der Waals surface area contributed by atoms with Crippen molar-refractivity contribution < 1.29 is 0 Å². The van der Waals surface area contributed by atoms with Crippen LogP contribution in [0.4, 0.5) is 0 Å². The van der Waals surface area contributed by atoms with Gasteiger partial charge in [0.2, 0.25) is 0 Å². The second kappa shape index (κ2) is 23.6. The van der Waals surface area contributed by atoms with Gasteiger partial charge in [-0.25, -0.2) is 29.9 Å². The van der Waals surface area contributed by atoms with Crippen molar-refractivity contribution >= 4 is 54.3 Å². The van der Waals surface area contributed by atoms with Crippen LogP contribution in [0.15, 0.2) is 352 Å². The van der Waals surface area contributed by atoms with Crippen molar-refractivity contribution in [3.8, 4) is 130 Å². The second-order valence-electron chi connectivity index (χ2n) is 27.0. The van der Waals surface area contributed by atoms with E-state index in [-0.39, 0.29) is 0 Å². The number of fused-ring (bicyclic) bond motifs is 15. The summed E-state index contributed by atoms with van der Waals surface area (Å²) in [4.78, 5) is 37.1. The van der Waals surface area contributed by atoms with E-state index >= 15 is 0 Å². The zero-order valence-electron chi connectivity index (χ0n) is 56.1. The highest BCUT2D eigenvalue weighted by Crippen LogP contribution is 2.62. The number of hydrogen-bond donors (Lipinski definition) is 0. The minimum Gasteiger partial charge on any atom is -0.309 e. The van der Waals surface area contributed by atoms with Crippen LogP contribution in [0.25, 0.3) is 184 Å². The molecule has 0 saturated heterocycles. The van der Waals surface area contributed by atoms with Gasteiger partial charge < -0.3 is 4.57 Å². The van der Waals surface area contributed by atoms with Gasteiger partial charge in [-0.05, 0) is 131 Å². The van der Waals surface area contributed by atoms with Gasteiger partial charge in [0.15, 0.2) is 34.9 Å². The Morgan fingerprint density at radius 1 is 0.231 bits per heavy atom. The Kier molecular flexibility index (Phi) is 13.4. The van der Waals surface area contributed by atoms with E-state index in [9.17, 15) is 0 Å². The Labute approximate surface area is 599 Å². The van der Waals surface area contributed by atoms with Gasteiger partial charge in [0, 0.05) is 72.4 Å². The topological polar surface area (TPSA) is 95.2 Å². The zero-order valence-corrected chi connectivity index (χ0v) is 56.1. The maximum absolute atomic E-state index is 5.62. The zero-order chi connectivity index (χ0) is 68.4. The maximum atomic E-state index is 5.62. The number of nitrogens with zero attached hydrogens (tertiary/aromatic N) is 8. The molecule has 1 aliphatic carbocycles. The number of benzene rings is 15. The summed E-state index contributed by atoms with van der Waals surface area (Å²) in [6.07, 6.45) is 1.86. The fourth-order valence-corrected chi connectivity index (χ4v) is 16.7. The molecule has 1 atom stereocenters. The lowest BCUT2D eigenvalue weighted by atomic mass is 9.65. The first-order chi connectivity index (χ1) is 51.6. The van der Waals surface area contributed by atoms with Crippen LogP contribution in [0.1, 0.15) is 22.3 Å². The molecule has 2 aliphatic rings. The molecule has 1 aliphatic heterocycles. The lowest BCUT2D eigenvalue weighted by Gasteiger charge is -2.39. The number of rotatable bonds is 10. The number of hydrogen-bond acceptors (Lipinski definition) is 7. The fraction of sp³-hybridized carbons (Fsp3) is 0.0104. The molecule has 1 unspecified atom stereocenters. The molecule has 0 fully saturated rings. The van der Waals surface area contributed by atoms with Crippen LogP contribution in [0.5, 0.6) is 0 Å². The van der Waals surface area contributed by atoms with E-state index in [2.05, 4.69) is 290 Å². The maximum Gasteiger partial charge on any atom is 0.164 e. The molecular weight excluding hydrogens is 1270 g/mol. The molecule has 8 heteroatoms. The van der Waals surface area contributed by atoms with Crippen molar-refractivity contribution in [2.24, 2.45) is 0 Å². The molecule has 0 saturated carbocycles. The van der Waals surface area contributed by atoms with E-state index in [0.717, 1.165) is 110 Å². The van der Waals surface area contributed by atoms with Crippen molar-refractivity contribution in [2.45, 2.75) is 5.41 Å². The van der Waals surface area contributed by atoms with Gasteiger partial charge in [0.05, 0.1) is 27.7 Å². The lowest BCUT2D eigenvalue weighted by molar-refractivity contribution is 0.749. The quantitative estimate of drug-likeness (QED) is 0.135. The Hall–Kier alpha value is -14.0. The highest BCUT2D eigenvalue weighted by atomic mass is 15.0. The lowest BCUT2D eigenvalue weighted by Crippen LogP contribution is -2.33. The molecule has 8 nitrogen and oxygen atoms in total. The molecule has 482 valence electrons. The van der Waals surface area contributed by atoms with E-state index < -0.39 is 5.41 Å². The minimum atomic E-state index is -0.649. The Morgan fingerprint density at radius 2 is 0.692 bits per heavy atom. The van der Waals surface area contributed by atoms with Gasteiger partial charge in [-0.15, -0.1) is 0 Å². The van der Waals surface area contributed by atoms with Crippen molar-refractivity contribution in [3.63, 3.8) is 0 Å². The molecule has 21 rings (SSSR count). The predicted molar refractivity (Wildman–Crippen MR) is 423 cm³/mol. The summed E-state index contributed by atoms with van der Waals surface area (Å²) >= 11 is 0. The van der Waals surface area contributed by atoms with Gasteiger partial charge >= 0.3 is 0 Å². The summed E-state index contributed by atoms with van der Waals surface area (Å²) < 4.78 is 2.51. The van der Waals surface area contributed by atoms with E-state index in [1.165, 1.54) is 60.9 Å². The summed E-state index contributed by atoms with van der Waals surface area (Å²) in [6, 6.07) is 124. The van der Waals surface area contributed by atoms with E-state index in [0.29, 0.717) is 34.9 Å². The first-order valence-electron chi connectivity index (χ1n) is 35.3. The molecule has 15 aromatic carbocycles. The molecule has 104 heavy (non-hydrogen) atoms. The van der Waals surface area contributed by atoms with Crippen LogP contribution in [0, 0.1) is 0 Å². The van der Waals surface area contributed by atoms with Crippen molar-refractivity contribution in [1.29, 1.82) is 0 Å². The van der Waals surface area contributed by atoms with Crippen LogP contribution >= 0.6 is 0 Å². The third-order valence-corrected chi connectivity index (χ3v) is 21.4. The van der Waals surface area contributed by atoms with Crippen molar-refractivity contribution in [3.05, 3.63) is 374 Å². The molecule has 0 N–H and O–H groups in total. The van der Waals surface area contributed by atoms with Crippen LogP contribution in [-0.2, 0) is 5.41 Å². The number of pyridine rings is 1. The van der Waals surface area contributed by atoms with Crippen LogP contribution in [0.3, 0.4) is 0 Å². The van der Waals surface area contributed by atoms with Gasteiger partial charge in [-0.1, -0.05) is 297 Å².